The van der Waals surface area contributed by atoms with Crippen molar-refractivity contribution >= 4 is 12.4 Å². The molecule has 0 fully saturated rings. The van der Waals surface area contributed by atoms with Gasteiger partial charge in [-0.3, -0.25) is 0 Å². The Bertz CT molecular complexity index is 377. The van der Waals surface area contributed by atoms with E-state index in [0.29, 0.717) is 0 Å². The van der Waals surface area contributed by atoms with E-state index in [2.05, 4.69) is 0 Å². The molecule has 4 N–H and O–H groups in total. The number of nitrogens with two attached hydrogens (primary N) is 1. The van der Waals surface area contributed by atoms with E-state index in [1.54, 1.807) is 0 Å². The summed E-state index contributed by atoms with van der Waals surface area (Å²) in [6.45, 7) is -1.34. The van der Waals surface area contributed by atoms with Gasteiger partial charge in [-0.15, -0.1) is 12.4 Å². The zero-order valence-corrected chi connectivity index (χ0v) is 9.88. The normalized spacial score (nSPS) is 12.8. The highest BCUT2D eigenvalue weighted by Crippen LogP contribution is 2.33. The number of aromatic hydroxyl groups is 1. The lowest BCUT2D eigenvalue weighted by Gasteiger charge is -2.22. The number of alkyl halides is 2. The molecule has 1 rings (SSSR count). The molecule has 0 aliphatic heterocycles. The number of rotatable bonds is 4. The molecule has 0 aromatic heterocycles. The highest BCUT2D eigenvalue weighted by Gasteiger charge is 2.37. The summed E-state index contributed by atoms with van der Waals surface area (Å²) < 4.78 is 30.9. The molecule has 0 spiro atoms. The Morgan fingerprint density at radius 2 is 2.06 bits per heavy atom. The molecule has 0 radical (unpaired) electrons. The summed E-state index contributed by atoms with van der Waals surface area (Å²) in [6.07, 6.45) is 0. The number of benzene rings is 1. The van der Waals surface area contributed by atoms with E-state index in [1.165, 1.54) is 25.3 Å². The Morgan fingerprint density at radius 1 is 1.47 bits per heavy atom. The lowest BCUT2D eigenvalue weighted by Crippen LogP contribution is -2.36. The summed E-state index contributed by atoms with van der Waals surface area (Å²) in [7, 11) is 1.30. The summed E-state index contributed by atoms with van der Waals surface area (Å²) >= 11 is 0. The van der Waals surface area contributed by atoms with Crippen LogP contribution < -0.4 is 10.5 Å². The minimum atomic E-state index is -3.41. The first-order valence-electron chi connectivity index (χ1n) is 4.53. The van der Waals surface area contributed by atoms with Crippen molar-refractivity contribution in [2.75, 3.05) is 13.7 Å². The predicted molar refractivity (Wildman–Crippen MR) is 60.9 cm³/mol. The SMILES string of the molecule is COc1cc([C@H](N)C(F)(F)CO)ccc1O.Cl. The number of phenolic OH excluding ortho intramolecular Hbond substituents is 1. The fraction of sp³-hybridized carbons (Fsp3) is 0.400. The molecule has 0 heterocycles. The number of phenols is 1. The number of aliphatic hydroxyl groups excluding tert-OH is 1. The van der Waals surface area contributed by atoms with Crippen LogP contribution in [0.15, 0.2) is 18.2 Å². The van der Waals surface area contributed by atoms with E-state index in [0.717, 1.165) is 0 Å². The second-order valence-electron chi connectivity index (χ2n) is 3.33. The van der Waals surface area contributed by atoms with Crippen LogP contribution in [0.3, 0.4) is 0 Å². The van der Waals surface area contributed by atoms with Crippen molar-refractivity contribution in [2.24, 2.45) is 5.73 Å². The molecule has 0 amide bonds. The van der Waals surface area contributed by atoms with Crippen LogP contribution in [-0.4, -0.2) is 29.9 Å². The van der Waals surface area contributed by atoms with E-state index in [9.17, 15) is 13.9 Å². The van der Waals surface area contributed by atoms with Crippen molar-refractivity contribution in [1.82, 2.24) is 0 Å². The Morgan fingerprint density at radius 3 is 2.53 bits per heavy atom. The minimum absolute atomic E-state index is 0. The van der Waals surface area contributed by atoms with Gasteiger partial charge in [0.25, 0.3) is 5.92 Å². The highest BCUT2D eigenvalue weighted by molar-refractivity contribution is 5.85. The van der Waals surface area contributed by atoms with Gasteiger partial charge in [0, 0.05) is 0 Å². The average Bonchev–Trinajstić information content (AvgIpc) is 2.28. The Balaban J connectivity index is 0.00000256. The van der Waals surface area contributed by atoms with Gasteiger partial charge in [0.05, 0.1) is 13.2 Å². The molecule has 0 saturated carbocycles. The molecular formula is C10H14ClF2NO3. The maximum Gasteiger partial charge on any atom is 0.289 e. The van der Waals surface area contributed by atoms with Crippen molar-refractivity contribution in [3.63, 3.8) is 0 Å². The molecule has 0 aliphatic rings. The fourth-order valence-corrected chi connectivity index (χ4v) is 1.23. The lowest BCUT2D eigenvalue weighted by molar-refractivity contribution is -0.0712. The van der Waals surface area contributed by atoms with E-state index < -0.39 is 18.6 Å². The third-order valence-electron chi connectivity index (χ3n) is 2.23. The third kappa shape index (κ3) is 3.42. The molecule has 0 bridgehead atoms. The zero-order chi connectivity index (χ0) is 12.3. The lowest BCUT2D eigenvalue weighted by atomic mass is 10.0. The van der Waals surface area contributed by atoms with Crippen molar-refractivity contribution in [2.45, 2.75) is 12.0 Å². The third-order valence-corrected chi connectivity index (χ3v) is 2.23. The van der Waals surface area contributed by atoms with Crippen molar-refractivity contribution in [3.05, 3.63) is 23.8 Å². The zero-order valence-electron chi connectivity index (χ0n) is 9.06. The van der Waals surface area contributed by atoms with Gasteiger partial charge in [0.2, 0.25) is 0 Å². The summed E-state index contributed by atoms with van der Waals surface area (Å²) in [5, 5.41) is 17.8. The van der Waals surface area contributed by atoms with Crippen molar-refractivity contribution < 1.29 is 23.7 Å². The maximum absolute atomic E-state index is 13.1. The second kappa shape index (κ2) is 6.00. The molecule has 17 heavy (non-hydrogen) atoms. The number of halogens is 3. The Hall–Kier alpha value is -1.11. The van der Waals surface area contributed by atoms with Gasteiger partial charge in [-0.05, 0) is 17.7 Å². The summed E-state index contributed by atoms with van der Waals surface area (Å²) in [4.78, 5) is 0. The van der Waals surface area contributed by atoms with Gasteiger partial charge in [-0.1, -0.05) is 6.07 Å². The van der Waals surface area contributed by atoms with Crippen LogP contribution in [-0.2, 0) is 0 Å². The van der Waals surface area contributed by atoms with Crippen LogP contribution in [0.1, 0.15) is 11.6 Å². The van der Waals surface area contributed by atoms with Crippen molar-refractivity contribution in [1.29, 1.82) is 0 Å². The maximum atomic E-state index is 13.1. The van der Waals surface area contributed by atoms with Crippen LogP contribution in [0, 0.1) is 0 Å². The molecule has 1 aromatic rings. The fourth-order valence-electron chi connectivity index (χ4n) is 1.23. The topological polar surface area (TPSA) is 75.7 Å². The van der Waals surface area contributed by atoms with Crippen LogP contribution in [0.5, 0.6) is 11.5 Å². The van der Waals surface area contributed by atoms with E-state index in [4.69, 9.17) is 15.6 Å². The average molecular weight is 270 g/mol. The first-order valence-corrected chi connectivity index (χ1v) is 4.53. The largest absolute Gasteiger partial charge is 0.504 e. The second-order valence-corrected chi connectivity index (χ2v) is 3.33. The number of hydrogen-bond donors (Lipinski definition) is 3. The number of aliphatic hydroxyl groups is 1. The Labute approximate surface area is 103 Å². The monoisotopic (exact) mass is 269 g/mol. The van der Waals surface area contributed by atoms with Crippen LogP contribution in [0.4, 0.5) is 8.78 Å². The van der Waals surface area contributed by atoms with Crippen molar-refractivity contribution in [3.8, 4) is 11.5 Å². The molecule has 1 atom stereocenters. The molecule has 0 aliphatic carbocycles. The number of methoxy groups -OCH3 is 1. The summed E-state index contributed by atoms with van der Waals surface area (Å²) in [5.41, 5.74) is 5.39. The molecule has 1 aromatic carbocycles. The molecular weight excluding hydrogens is 256 g/mol. The quantitative estimate of drug-likeness (QED) is 0.773. The first kappa shape index (κ1) is 15.9. The van der Waals surface area contributed by atoms with E-state index in [1.807, 2.05) is 0 Å². The van der Waals surface area contributed by atoms with Crippen LogP contribution in [0.25, 0.3) is 0 Å². The van der Waals surface area contributed by atoms with Crippen LogP contribution >= 0.6 is 12.4 Å². The van der Waals surface area contributed by atoms with Gasteiger partial charge in [0.15, 0.2) is 11.5 Å². The molecule has 7 heteroatoms. The number of ether oxygens (including phenoxy) is 1. The van der Waals surface area contributed by atoms with E-state index in [-0.39, 0.29) is 29.5 Å². The minimum Gasteiger partial charge on any atom is -0.504 e. The smallest absolute Gasteiger partial charge is 0.289 e. The summed E-state index contributed by atoms with van der Waals surface area (Å²) in [5.74, 6) is -3.52. The predicted octanol–water partition coefficient (Wildman–Crippen LogP) is 1.45. The van der Waals surface area contributed by atoms with Gasteiger partial charge < -0.3 is 20.7 Å². The van der Waals surface area contributed by atoms with Gasteiger partial charge in [-0.25, -0.2) is 8.78 Å². The van der Waals surface area contributed by atoms with E-state index >= 15 is 0 Å². The molecule has 98 valence electrons. The molecule has 0 saturated heterocycles. The summed E-state index contributed by atoms with van der Waals surface area (Å²) in [6, 6.07) is 2.03. The van der Waals surface area contributed by atoms with Gasteiger partial charge in [0.1, 0.15) is 6.61 Å². The first-order chi connectivity index (χ1) is 7.42. The van der Waals surface area contributed by atoms with Gasteiger partial charge >= 0.3 is 0 Å². The molecule has 4 nitrogen and oxygen atoms in total. The molecule has 0 unspecified atom stereocenters. The van der Waals surface area contributed by atoms with Gasteiger partial charge in [-0.2, -0.15) is 0 Å². The standard InChI is InChI=1S/C10H13F2NO3.ClH/c1-16-8-4-6(2-3-7(8)15)9(13)10(11,12)5-14;/h2-4,9,14-15H,5,13H2,1H3;1H/t9-;/m0./s1. The Kier molecular flexibility index (Phi) is 5.60. The van der Waals surface area contributed by atoms with Crippen LogP contribution in [0.2, 0.25) is 0 Å². The highest BCUT2D eigenvalue weighted by atomic mass is 35.5. The number of hydrogen-bond acceptors (Lipinski definition) is 4.